The van der Waals surface area contributed by atoms with Gasteiger partial charge in [0.15, 0.2) is 0 Å². The predicted molar refractivity (Wildman–Crippen MR) is 43.6 cm³/mol. The van der Waals surface area contributed by atoms with Crippen molar-refractivity contribution in [1.82, 2.24) is 0 Å². The van der Waals surface area contributed by atoms with Crippen molar-refractivity contribution in [2.24, 2.45) is 0 Å². The molecule has 0 fully saturated rings. The maximum absolute atomic E-state index is 10.8. The van der Waals surface area contributed by atoms with E-state index in [0.29, 0.717) is 6.61 Å². The average Bonchev–Trinajstić information content (AvgIpc) is 1.99. The van der Waals surface area contributed by atoms with Crippen LogP contribution in [0.1, 0.15) is 33.1 Å². The first-order valence-electron chi connectivity index (χ1n) is 4.07. The molecule has 0 bridgehead atoms. The van der Waals surface area contributed by atoms with Gasteiger partial charge in [0.2, 0.25) is 0 Å². The van der Waals surface area contributed by atoms with Crippen molar-refractivity contribution in [3.05, 3.63) is 0 Å². The monoisotopic (exact) mass is 268 g/mol. The topological polar surface area (TPSA) is 49.4 Å². The minimum atomic E-state index is -3.46. The van der Waals surface area contributed by atoms with E-state index in [2.05, 4.69) is 11.4 Å². The third-order valence-corrected chi connectivity index (χ3v) is 2.77. The zero-order chi connectivity index (χ0) is 8.74. The molecule has 1 atom stereocenters. The molecule has 0 heterocycles. The van der Waals surface area contributed by atoms with Gasteiger partial charge in [0.05, 0.1) is 6.61 Å². The van der Waals surface area contributed by atoms with E-state index in [4.69, 9.17) is 0 Å². The van der Waals surface area contributed by atoms with E-state index in [-0.39, 0.29) is 38.9 Å². The van der Waals surface area contributed by atoms with Gasteiger partial charge in [-0.05, 0) is 6.42 Å². The molecule has 71 valence electrons. The molecule has 0 aliphatic heterocycles. The fraction of sp³-hybridized carbons (Fsp3) is 1.00. The Hall–Kier alpha value is 1.25. The summed E-state index contributed by atoms with van der Waals surface area (Å²) in [7, 11) is -3.46. The molecule has 0 aromatic rings. The maximum atomic E-state index is 10.8. The van der Waals surface area contributed by atoms with Gasteiger partial charge in [-0.1, -0.05) is 26.7 Å². The van der Waals surface area contributed by atoms with E-state index in [1.54, 1.807) is 6.92 Å². The smallest absolute Gasteiger partial charge is 0.134 e. The summed E-state index contributed by atoms with van der Waals surface area (Å²) in [4.78, 5) is 10.8. The maximum Gasteiger partial charge on any atom is 0.134 e. The molecule has 0 rings (SSSR count). The van der Waals surface area contributed by atoms with Crippen LogP contribution in [0.4, 0.5) is 0 Å². The summed E-state index contributed by atoms with van der Waals surface area (Å²) in [6.45, 7) is 4.01. The van der Waals surface area contributed by atoms with Gasteiger partial charge in [0.1, 0.15) is 7.60 Å². The summed E-state index contributed by atoms with van der Waals surface area (Å²) < 4.78 is 15.4. The van der Waals surface area contributed by atoms with Crippen LogP contribution in [0.5, 0.6) is 0 Å². The molecule has 0 aromatic carbocycles. The number of hydrogen-bond donors (Lipinski definition) is 0. The summed E-state index contributed by atoms with van der Waals surface area (Å²) in [5, 5.41) is 0. The Bertz CT molecular complexity index is 141. The number of hydrogen-bond acceptors (Lipinski definition) is 3. The van der Waals surface area contributed by atoms with E-state index in [1.807, 2.05) is 0 Å². The first kappa shape index (κ1) is 15.7. The number of unbranched alkanes of at least 4 members (excludes halogenated alkanes) is 2. The quantitative estimate of drug-likeness (QED) is 0.544. The van der Waals surface area contributed by atoms with Gasteiger partial charge in [-0.15, -0.1) is 0 Å². The fourth-order valence-corrected chi connectivity index (χ4v) is 1.24. The molecule has 5 heteroatoms. The van der Waals surface area contributed by atoms with Crippen LogP contribution >= 0.6 is 7.60 Å². The Labute approximate surface area is 99.7 Å². The summed E-state index contributed by atoms with van der Waals surface area (Å²) in [6.07, 6.45) is 3.05. The van der Waals surface area contributed by atoms with Crippen molar-refractivity contribution < 1.29 is 46.7 Å². The molecular formula is C7H16O3PY-. The molecule has 0 saturated carbocycles. The first-order valence-corrected chi connectivity index (χ1v) is 5.79. The van der Waals surface area contributed by atoms with Crippen molar-refractivity contribution >= 4 is 7.60 Å². The minimum absolute atomic E-state index is 0. The Morgan fingerprint density at radius 2 is 1.92 bits per heavy atom. The Balaban J connectivity index is 0. The van der Waals surface area contributed by atoms with Crippen LogP contribution in [-0.4, -0.2) is 12.8 Å². The molecule has 0 aromatic heterocycles. The second-order valence-electron chi connectivity index (χ2n) is 2.47. The summed E-state index contributed by atoms with van der Waals surface area (Å²) in [6, 6.07) is 0. The van der Waals surface area contributed by atoms with Gasteiger partial charge in [0.25, 0.3) is 0 Å². The van der Waals surface area contributed by atoms with Gasteiger partial charge >= 0.3 is 0 Å². The summed E-state index contributed by atoms with van der Waals surface area (Å²) in [5.74, 6) is 0. The number of rotatable bonds is 6. The molecule has 12 heavy (non-hydrogen) atoms. The molecular weight excluding hydrogens is 252 g/mol. The molecule has 1 unspecified atom stereocenters. The van der Waals surface area contributed by atoms with Crippen molar-refractivity contribution in [3.63, 3.8) is 0 Å². The molecule has 0 saturated heterocycles. The summed E-state index contributed by atoms with van der Waals surface area (Å²) >= 11 is 0. The Morgan fingerprint density at radius 1 is 1.33 bits per heavy atom. The van der Waals surface area contributed by atoms with Gasteiger partial charge in [-0.2, -0.15) is 0 Å². The van der Waals surface area contributed by atoms with E-state index in [1.165, 1.54) is 0 Å². The zero-order valence-electron chi connectivity index (χ0n) is 7.78. The van der Waals surface area contributed by atoms with Crippen LogP contribution in [0.15, 0.2) is 0 Å². The van der Waals surface area contributed by atoms with Gasteiger partial charge < -0.3 is 14.0 Å². The average molecular weight is 268 g/mol. The Kier molecular flexibility index (Phi) is 11.6. The largest absolute Gasteiger partial charge is 0.779 e. The van der Waals surface area contributed by atoms with Crippen LogP contribution in [0.25, 0.3) is 0 Å². The zero-order valence-corrected chi connectivity index (χ0v) is 11.5. The SMILES string of the molecule is CCCCCOP(=O)([O-])CC.[Y]. The van der Waals surface area contributed by atoms with Crippen molar-refractivity contribution in [2.75, 3.05) is 12.8 Å². The Morgan fingerprint density at radius 3 is 2.33 bits per heavy atom. The van der Waals surface area contributed by atoms with E-state index in [9.17, 15) is 9.46 Å². The van der Waals surface area contributed by atoms with Gasteiger partial charge in [0, 0.05) is 38.9 Å². The molecule has 1 radical (unpaired) electrons. The second kappa shape index (κ2) is 8.83. The fourth-order valence-electron chi connectivity index (χ4n) is 0.647. The van der Waals surface area contributed by atoms with Crippen LogP contribution in [0, 0.1) is 0 Å². The van der Waals surface area contributed by atoms with Crippen molar-refractivity contribution in [1.29, 1.82) is 0 Å². The third kappa shape index (κ3) is 9.34. The summed E-state index contributed by atoms with van der Waals surface area (Å²) in [5.41, 5.74) is 0. The van der Waals surface area contributed by atoms with Crippen molar-refractivity contribution in [2.45, 2.75) is 33.1 Å². The third-order valence-electron chi connectivity index (χ3n) is 1.42. The van der Waals surface area contributed by atoms with Crippen molar-refractivity contribution in [3.8, 4) is 0 Å². The van der Waals surface area contributed by atoms with E-state index >= 15 is 0 Å². The molecule has 0 aliphatic carbocycles. The van der Waals surface area contributed by atoms with Crippen LogP contribution in [0.2, 0.25) is 0 Å². The normalized spacial score (nSPS) is 14.9. The standard InChI is InChI=1S/C7H17O3P.Y/c1-3-5-6-7-10-11(8,9)4-2;/h3-7H2,1-2H3,(H,8,9);/p-1. The molecule has 0 spiro atoms. The van der Waals surface area contributed by atoms with Crippen LogP contribution in [0.3, 0.4) is 0 Å². The molecule has 3 nitrogen and oxygen atoms in total. The van der Waals surface area contributed by atoms with Crippen LogP contribution < -0.4 is 4.89 Å². The molecule has 0 N–H and O–H groups in total. The first-order chi connectivity index (χ1) is 5.12. The van der Waals surface area contributed by atoms with E-state index < -0.39 is 7.60 Å². The minimum Gasteiger partial charge on any atom is -0.779 e. The van der Waals surface area contributed by atoms with E-state index in [0.717, 1.165) is 19.3 Å². The van der Waals surface area contributed by atoms with Crippen LogP contribution in [-0.2, 0) is 41.8 Å². The molecule has 0 aliphatic rings. The second-order valence-corrected chi connectivity index (χ2v) is 4.58. The van der Waals surface area contributed by atoms with Gasteiger partial charge in [-0.25, -0.2) is 0 Å². The van der Waals surface area contributed by atoms with Gasteiger partial charge in [-0.3, -0.25) is 0 Å². The molecule has 0 amide bonds. The predicted octanol–water partition coefficient (Wildman–Crippen LogP) is 1.76.